The Hall–Kier alpha value is -2.68. The summed E-state index contributed by atoms with van der Waals surface area (Å²) in [5.41, 5.74) is 2.88. The van der Waals surface area contributed by atoms with Gasteiger partial charge in [-0.15, -0.1) is 0 Å². The summed E-state index contributed by atoms with van der Waals surface area (Å²) < 4.78 is 0. The predicted octanol–water partition coefficient (Wildman–Crippen LogP) is 2.88. The number of rotatable bonds is 4. The van der Waals surface area contributed by atoms with Gasteiger partial charge < -0.3 is 10.2 Å². The molecule has 3 atom stereocenters. The van der Waals surface area contributed by atoms with Crippen LogP contribution in [0.1, 0.15) is 39.2 Å². The molecule has 0 unspecified atom stereocenters. The number of nitriles is 1. The van der Waals surface area contributed by atoms with E-state index in [0.29, 0.717) is 17.0 Å². The Kier molecular flexibility index (Phi) is 5.36. The van der Waals surface area contributed by atoms with Crippen molar-refractivity contribution >= 4 is 22.6 Å². The smallest absolute Gasteiger partial charge is 0.223 e. The minimum atomic E-state index is 0.0299. The van der Waals surface area contributed by atoms with Gasteiger partial charge in [-0.3, -0.25) is 14.8 Å². The largest absolute Gasteiger partial charge is 0.367 e. The molecule has 1 amide bonds. The summed E-state index contributed by atoms with van der Waals surface area (Å²) in [5.74, 6) is 0.603. The molecule has 6 heteroatoms. The molecule has 2 aromatic rings. The normalized spacial score (nSPS) is 21.2. The van der Waals surface area contributed by atoms with E-state index in [0.717, 1.165) is 37.1 Å². The third kappa shape index (κ3) is 3.62. The van der Waals surface area contributed by atoms with E-state index in [9.17, 15) is 10.1 Å². The number of nitrogens with one attached hydrogen (secondary N) is 1. The summed E-state index contributed by atoms with van der Waals surface area (Å²) in [4.78, 5) is 23.4. The average molecular weight is 351 g/mol. The highest BCUT2D eigenvalue weighted by Gasteiger charge is 2.28. The minimum absolute atomic E-state index is 0.0299. The molecule has 3 rings (SSSR count). The zero-order chi connectivity index (χ0) is 18.7. The zero-order valence-electron chi connectivity index (χ0n) is 15.6. The monoisotopic (exact) mass is 351 g/mol. The number of piperidine rings is 1. The molecule has 0 spiro atoms. The molecular weight excluding hydrogens is 326 g/mol. The first-order valence-corrected chi connectivity index (χ1v) is 9.22. The quantitative estimate of drug-likeness (QED) is 0.916. The van der Waals surface area contributed by atoms with Gasteiger partial charge in [-0.1, -0.05) is 20.8 Å². The third-order valence-electron chi connectivity index (χ3n) is 5.13. The number of benzene rings is 1. The van der Waals surface area contributed by atoms with Crippen LogP contribution in [0, 0.1) is 23.2 Å². The summed E-state index contributed by atoms with van der Waals surface area (Å²) in [7, 11) is 0. The summed E-state index contributed by atoms with van der Waals surface area (Å²) in [6.45, 7) is 7.83. The van der Waals surface area contributed by atoms with Crippen LogP contribution in [0.25, 0.3) is 11.0 Å². The third-order valence-corrected chi connectivity index (χ3v) is 5.13. The van der Waals surface area contributed by atoms with E-state index in [4.69, 9.17) is 0 Å². The molecule has 136 valence electrons. The number of amides is 1. The number of carbonyl (C=O) groups excluding carboxylic acids is 1. The van der Waals surface area contributed by atoms with Gasteiger partial charge in [-0.25, -0.2) is 0 Å². The average Bonchev–Trinajstić information content (AvgIpc) is 2.65. The van der Waals surface area contributed by atoms with Crippen molar-refractivity contribution in [3.8, 4) is 6.07 Å². The van der Waals surface area contributed by atoms with Crippen molar-refractivity contribution in [3.05, 3.63) is 30.1 Å². The Balaban J connectivity index is 1.88. The van der Waals surface area contributed by atoms with Gasteiger partial charge in [0.2, 0.25) is 5.91 Å². The Morgan fingerprint density at radius 3 is 2.77 bits per heavy atom. The molecule has 1 aliphatic rings. The first-order chi connectivity index (χ1) is 12.5. The fourth-order valence-corrected chi connectivity index (χ4v) is 3.57. The lowest BCUT2D eigenvalue weighted by Gasteiger charge is -2.38. The molecule has 0 bridgehead atoms. The van der Waals surface area contributed by atoms with Crippen LogP contribution in [-0.4, -0.2) is 35.0 Å². The molecule has 1 aromatic heterocycles. The van der Waals surface area contributed by atoms with Crippen molar-refractivity contribution in [3.63, 3.8) is 0 Å². The van der Waals surface area contributed by atoms with Crippen LogP contribution in [-0.2, 0) is 4.79 Å². The lowest BCUT2D eigenvalue weighted by Crippen LogP contribution is -2.51. The zero-order valence-corrected chi connectivity index (χ0v) is 15.6. The molecule has 2 heterocycles. The van der Waals surface area contributed by atoms with E-state index in [-0.39, 0.29) is 17.9 Å². The fraction of sp³-hybridized carbons (Fsp3) is 0.500. The van der Waals surface area contributed by atoms with Gasteiger partial charge in [0.05, 0.1) is 11.3 Å². The molecule has 1 fully saturated rings. The summed E-state index contributed by atoms with van der Waals surface area (Å²) >= 11 is 0. The lowest BCUT2D eigenvalue weighted by atomic mass is 9.94. The van der Waals surface area contributed by atoms with Crippen molar-refractivity contribution in [1.29, 1.82) is 5.26 Å². The Morgan fingerprint density at radius 2 is 2.08 bits per heavy atom. The van der Waals surface area contributed by atoms with Crippen LogP contribution < -0.4 is 10.2 Å². The van der Waals surface area contributed by atoms with E-state index in [1.165, 1.54) is 0 Å². The fourth-order valence-electron chi connectivity index (χ4n) is 3.57. The number of fused-ring (bicyclic) bond motifs is 1. The molecule has 0 radical (unpaired) electrons. The molecule has 0 saturated carbocycles. The predicted molar refractivity (Wildman–Crippen MR) is 102 cm³/mol. The first kappa shape index (κ1) is 18.1. The van der Waals surface area contributed by atoms with Crippen LogP contribution in [0.2, 0.25) is 0 Å². The number of aromatic nitrogens is 2. The van der Waals surface area contributed by atoms with Crippen LogP contribution in [0.3, 0.4) is 0 Å². The highest BCUT2D eigenvalue weighted by atomic mass is 16.1. The Bertz CT molecular complexity index is 844. The maximum Gasteiger partial charge on any atom is 0.223 e. The van der Waals surface area contributed by atoms with Crippen LogP contribution in [0.4, 0.5) is 5.69 Å². The maximum atomic E-state index is 12.3. The highest BCUT2D eigenvalue weighted by Crippen LogP contribution is 2.30. The van der Waals surface area contributed by atoms with Crippen LogP contribution in [0.15, 0.2) is 24.5 Å². The second-order valence-electron chi connectivity index (χ2n) is 7.26. The summed E-state index contributed by atoms with van der Waals surface area (Å²) in [6.07, 6.45) is 5.08. The van der Waals surface area contributed by atoms with Crippen molar-refractivity contribution < 1.29 is 4.79 Å². The molecular formula is C20H25N5O. The van der Waals surface area contributed by atoms with E-state index >= 15 is 0 Å². The number of nitrogens with zero attached hydrogens (tertiary/aromatic N) is 4. The SMILES string of the molecule is CC[C@@H](C)C(=O)N[C@@H]1C[C@H](C)CN(c2ccc(C#N)c3nccnc23)C1. The molecule has 1 saturated heterocycles. The van der Waals surface area contributed by atoms with E-state index < -0.39 is 0 Å². The second kappa shape index (κ2) is 7.69. The van der Waals surface area contributed by atoms with Gasteiger partial charge in [0.15, 0.2) is 0 Å². The van der Waals surface area contributed by atoms with Crippen molar-refractivity contribution in [2.75, 3.05) is 18.0 Å². The van der Waals surface area contributed by atoms with Crippen molar-refractivity contribution in [2.45, 2.75) is 39.7 Å². The second-order valence-corrected chi connectivity index (χ2v) is 7.26. The number of hydrogen-bond acceptors (Lipinski definition) is 5. The molecule has 0 aliphatic carbocycles. The van der Waals surface area contributed by atoms with Gasteiger partial charge >= 0.3 is 0 Å². The summed E-state index contributed by atoms with van der Waals surface area (Å²) in [5, 5.41) is 12.5. The molecule has 1 N–H and O–H groups in total. The topological polar surface area (TPSA) is 81.9 Å². The van der Waals surface area contributed by atoms with E-state index in [1.54, 1.807) is 18.5 Å². The lowest BCUT2D eigenvalue weighted by molar-refractivity contribution is -0.125. The Morgan fingerprint density at radius 1 is 1.35 bits per heavy atom. The molecule has 1 aliphatic heterocycles. The van der Waals surface area contributed by atoms with Crippen LogP contribution in [0.5, 0.6) is 0 Å². The van der Waals surface area contributed by atoms with Gasteiger partial charge in [-0.05, 0) is 30.9 Å². The van der Waals surface area contributed by atoms with E-state index in [1.807, 2.05) is 19.9 Å². The standard InChI is InChI=1S/C20H25N5O/c1-4-14(3)20(26)24-16-9-13(2)11-25(12-16)17-6-5-15(10-21)18-19(17)23-8-7-22-18/h5-8,13-14,16H,4,9,11-12H2,1-3H3,(H,24,26)/t13-,14+,16+/m0/s1. The van der Waals surface area contributed by atoms with Gasteiger partial charge in [0, 0.05) is 37.4 Å². The van der Waals surface area contributed by atoms with Gasteiger partial charge in [0.1, 0.15) is 17.1 Å². The number of carbonyl (C=O) groups is 1. The molecule has 6 nitrogen and oxygen atoms in total. The summed E-state index contributed by atoms with van der Waals surface area (Å²) in [6, 6.07) is 6.05. The van der Waals surface area contributed by atoms with Crippen molar-refractivity contribution in [2.24, 2.45) is 11.8 Å². The van der Waals surface area contributed by atoms with E-state index in [2.05, 4.69) is 33.2 Å². The Labute approximate surface area is 154 Å². The van der Waals surface area contributed by atoms with Crippen molar-refractivity contribution in [1.82, 2.24) is 15.3 Å². The number of anilines is 1. The first-order valence-electron chi connectivity index (χ1n) is 9.22. The highest BCUT2D eigenvalue weighted by molar-refractivity contribution is 5.92. The molecule has 1 aromatic carbocycles. The number of hydrogen-bond donors (Lipinski definition) is 1. The minimum Gasteiger partial charge on any atom is -0.367 e. The van der Waals surface area contributed by atoms with Gasteiger partial charge in [0.25, 0.3) is 0 Å². The molecule has 26 heavy (non-hydrogen) atoms. The van der Waals surface area contributed by atoms with Crippen LogP contribution >= 0.6 is 0 Å². The van der Waals surface area contributed by atoms with Gasteiger partial charge in [-0.2, -0.15) is 5.26 Å². The maximum absolute atomic E-state index is 12.3.